The van der Waals surface area contributed by atoms with Crippen molar-refractivity contribution in [1.29, 1.82) is 0 Å². The highest BCUT2D eigenvalue weighted by Crippen LogP contribution is 2.33. The fourth-order valence-electron chi connectivity index (χ4n) is 2.77. The first kappa shape index (κ1) is 13.7. The molecule has 0 heterocycles. The first-order valence-electron chi connectivity index (χ1n) is 6.59. The molecular formula is C15H17FO3. The lowest BCUT2D eigenvalue weighted by atomic mass is 9.76. The summed E-state index contributed by atoms with van der Waals surface area (Å²) in [5.74, 6) is -1.80. The summed E-state index contributed by atoms with van der Waals surface area (Å²) in [6.45, 7) is 0. The maximum atomic E-state index is 12.8. The summed E-state index contributed by atoms with van der Waals surface area (Å²) in [5, 5.41) is 9.17. The second kappa shape index (κ2) is 5.95. The van der Waals surface area contributed by atoms with Crippen molar-refractivity contribution in [2.24, 2.45) is 11.8 Å². The molecule has 1 saturated carbocycles. The first-order valence-corrected chi connectivity index (χ1v) is 6.59. The predicted octanol–water partition coefficient (Wildman–Crippen LogP) is 3.29. The number of carbonyl (C=O) groups excluding carboxylic acids is 1. The number of carboxylic acid groups (broad SMARTS) is 1. The van der Waals surface area contributed by atoms with Crippen molar-refractivity contribution in [2.45, 2.75) is 32.1 Å². The quantitative estimate of drug-likeness (QED) is 0.849. The Bertz CT molecular complexity index is 467. The molecule has 1 aliphatic rings. The third-order valence-electron chi connectivity index (χ3n) is 3.84. The van der Waals surface area contributed by atoms with Gasteiger partial charge in [0.25, 0.3) is 0 Å². The van der Waals surface area contributed by atoms with E-state index in [-0.39, 0.29) is 23.9 Å². The Balaban J connectivity index is 2.04. The van der Waals surface area contributed by atoms with E-state index in [0.29, 0.717) is 12.0 Å². The second-order valence-corrected chi connectivity index (χ2v) is 5.12. The molecule has 1 fully saturated rings. The summed E-state index contributed by atoms with van der Waals surface area (Å²) in [5.41, 5.74) is 0.455. The first-order chi connectivity index (χ1) is 9.08. The van der Waals surface area contributed by atoms with Crippen LogP contribution >= 0.6 is 0 Å². The average Bonchev–Trinajstić information content (AvgIpc) is 2.39. The topological polar surface area (TPSA) is 54.4 Å². The molecule has 2 atom stereocenters. The summed E-state index contributed by atoms with van der Waals surface area (Å²) in [4.78, 5) is 23.2. The third kappa shape index (κ3) is 3.40. The van der Waals surface area contributed by atoms with E-state index in [0.717, 1.165) is 19.3 Å². The summed E-state index contributed by atoms with van der Waals surface area (Å²) in [6, 6.07) is 5.41. The Morgan fingerprint density at radius 1 is 1.16 bits per heavy atom. The molecule has 19 heavy (non-hydrogen) atoms. The van der Waals surface area contributed by atoms with Crippen molar-refractivity contribution in [1.82, 2.24) is 0 Å². The molecule has 102 valence electrons. The van der Waals surface area contributed by atoms with Gasteiger partial charge in [-0.2, -0.15) is 0 Å². The molecule has 1 aromatic rings. The van der Waals surface area contributed by atoms with Crippen LogP contribution in [-0.2, 0) is 4.79 Å². The molecule has 3 nitrogen and oxygen atoms in total. The van der Waals surface area contributed by atoms with E-state index in [9.17, 15) is 14.0 Å². The Labute approximate surface area is 111 Å². The summed E-state index contributed by atoms with van der Waals surface area (Å²) >= 11 is 0. The zero-order valence-corrected chi connectivity index (χ0v) is 10.6. The summed E-state index contributed by atoms with van der Waals surface area (Å²) in [6.07, 6.45) is 3.56. The summed E-state index contributed by atoms with van der Waals surface area (Å²) < 4.78 is 12.8. The van der Waals surface area contributed by atoms with Crippen LogP contribution in [-0.4, -0.2) is 16.9 Å². The van der Waals surface area contributed by atoms with Crippen molar-refractivity contribution in [3.8, 4) is 0 Å². The van der Waals surface area contributed by atoms with E-state index in [1.54, 1.807) is 0 Å². The fourth-order valence-corrected chi connectivity index (χ4v) is 2.77. The van der Waals surface area contributed by atoms with Gasteiger partial charge in [-0.1, -0.05) is 12.8 Å². The van der Waals surface area contributed by atoms with Gasteiger partial charge in [-0.25, -0.2) is 4.39 Å². The summed E-state index contributed by atoms with van der Waals surface area (Å²) in [7, 11) is 0. The number of aliphatic carboxylic acids is 1. The number of hydrogen-bond acceptors (Lipinski definition) is 2. The molecule has 0 saturated heterocycles. The highest BCUT2D eigenvalue weighted by molar-refractivity contribution is 5.96. The molecule has 0 unspecified atom stereocenters. The van der Waals surface area contributed by atoms with Crippen molar-refractivity contribution in [3.05, 3.63) is 35.6 Å². The van der Waals surface area contributed by atoms with Crippen LogP contribution in [0.2, 0.25) is 0 Å². The number of ketones is 1. The van der Waals surface area contributed by atoms with Gasteiger partial charge in [0.15, 0.2) is 5.78 Å². The van der Waals surface area contributed by atoms with Gasteiger partial charge >= 0.3 is 5.97 Å². The number of hydrogen-bond donors (Lipinski definition) is 1. The van der Waals surface area contributed by atoms with Gasteiger partial charge in [0.2, 0.25) is 0 Å². The number of Topliss-reactive ketones (excluding diaryl/α,β-unsaturated/α-hetero) is 1. The van der Waals surface area contributed by atoms with Crippen LogP contribution in [0, 0.1) is 17.7 Å². The van der Waals surface area contributed by atoms with E-state index in [2.05, 4.69) is 0 Å². The molecular weight excluding hydrogens is 247 g/mol. The normalized spacial score (nSPS) is 23.0. The molecule has 2 rings (SSSR count). The lowest BCUT2D eigenvalue weighted by Gasteiger charge is -2.27. The van der Waals surface area contributed by atoms with Crippen LogP contribution in [0.5, 0.6) is 0 Å². The lowest BCUT2D eigenvalue weighted by molar-refractivity contribution is -0.144. The van der Waals surface area contributed by atoms with E-state index in [1.165, 1.54) is 24.3 Å². The largest absolute Gasteiger partial charge is 0.481 e. The van der Waals surface area contributed by atoms with Crippen LogP contribution < -0.4 is 0 Å². The fraction of sp³-hybridized carbons (Fsp3) is 0.467. The standard InChI is InChI=1S/C15H17FO3/c16-12-7-5-10(6-8-12)14(17)9-11-3-1-2-4-13(11)15(18)19/h5-8,11,13H,1-4,9H2,(H,18,19)/t11-,13+/m0/s1. The zero-order valence-electron chi connectivity index (χ0n) is 10.6. The molecule has 0 spiro atoms. The molecule has 1 N–H and O–H groups in total. The molecule has 4 heteroatoms. The second-order valence-electron chi connectivity index (χ2n) is 5.12. The van der Waals surface area contributed by atoms with Gasteiger partial charge in [0, 0.05) is 12.0 Å². The molecule has 0 amide bonds. The van der Waals surface area contributed by atoms with Gasteiger partial charge in [0.1, 0.15) is 5.82 Å². The SMILES string of the molecule is O=C(C[C@@H]1CCCC[C@H]1C(=O)O)c1ccc(F)cc1. The van der Waals surface area contributed by atoms with Crippen molar-refractivity contribution < 1.29 is 19.1 Å². The number of rotatable bonds is 4. The Hall–Kier alpha value is -1.71. The monoisotopic (exact) mass is 264 g/mol. The smallest absolute Gasteiger partial charge is 0.306 e. The van der Waals surface area contributed by atoms with Crippen LogP contribution in [0.3, 0.4) is 0 Å². The Morgan fingerprint density at radius 3 is 2.42 bits per heavy atom. The minimum absolute atomic E-state index is 0.0937. The highest BCUT2D eigenvalue weighted by atomic mass is 19.1. The zero-order chi connectivity index (χ0) is 13.8. The average molecular weight is 264 g/mol. The van der Waals surface area contributed by atoms with E-state index >= 15 is 0 Å². The maximum absolute atomic E-state index is 12.8. The Morgan fingerprint density at radius 2 is 1.79 bits per heavy atom. The maximum Gasteiger partial charge on any atom is 0.306 e. The van der Waals surface area contributed by atoms with Crippen molar-refractivity contribution in [3.63, 3.8) is 0 Å². The van der Waals surface area contributed by atoms with E-state index in [4.69, 9.17) is 5.11 Å². The molecule has 0 bridgehead atoms. The number of halogens is 1. The molecule has 0 aromatic heterocycles. The number of carbonyl (C=O) groups is 2. The minimum atomic E-state index is -0.809. The van der Waals surface area contributed by atoms with Gasteiger partial charge in [0.05, 0.1) is 5.92 Å². The van der Waals surface area contributed by atoms with Crippen LogP contribution in [0.4, 0.5) is 4.39 Å². The van der Waals surface area contributed by atoms with E-state index in [1.807, 2.05) is 0 Å². The van der Waals surface area contributed by atoms with Crippen LogP contribution in [0.15, 0.2) is 24.3 Å². The van der Waals surface area contributed by atoms with Crippen molar-refractivity contribution >= 4 is 11.8 Å². The predicted molar refractivity (Wildman–Crippen MR) is 68.4 cm³/mol. The third-order valence-corrected chi connectivity index (χ3v) is 3.84. The van der Waals surface area contributed by atoms with Crippen LogP contribution in [0.1, 0.15) is 42.5 Å². The minimum Gasteiger partial charge on any atom is -0.481 e. The molecule has 0 radical (unpaired) electrons. The Kier molecular flexibility index (Phi) is 4.30. The molecule has 0 aliphatic heterocycles. The molecule has 1 aliphatic carbocycles. The van der Waals surface area contributed by atoms with Gasteiger partial charge in [-0.15, -0.1) is 0 Å². The van der Waals surface area contributed by atoms with E-state index < -0.39 is 11.9 Å². The number of benzene rings is 1. The van der Waals surface area contributed by atoms with Crippen LogP contribution in [0.25, 0.3) is 0 Å². The highest BCUT2D eigenvalue weighted by Gasteiger charge is 2.32. The number of carboxylic acids is 1. The van der Waals surface area contributed by atoms with Gasteiger partial charge in [-0.05, 0) is 43.0 Å². The van der Waals surface area contributed by atoms with Crippen molar-refractivity contribution in [2.75, 3.05) is 0 Å². The molecule has 1 aromatic carbocycles. The van der Waals surface area contributed by atoms with Gasteiger partial charge < -0.3 is 5.11 Å². The van der Waals surface area contributed by atoms with Gasteiger partial charge in [-0.3, -0.25) is 9.59 Å². The lowest BCUT2D eigenvalue weighted by Crippen LogP contribution is -2.28.